The van der Waals surface area contributed by atoms with Crippen molar-refractivity contribution in [2.24, 2.45) is 7.05 Å². The maximum Gasteiger partial charge on any atom is 0.335 e. The van der Waals surface area contributed by atoms with Gasteiger partial charge in [0.05, 0.1) is 5.69 Å². The number of carbonyl (C=O) groups is 1. The molecule has 1 aromatic rings. The summed E-state index contributed by atoms with van der Waals surface area (Å²) in [6.45, 7) is 1.59. The minimum atomic E-state index is -1.81. The summed E-state index contributed by atoms with van der Waals surface area (Å²) in [6.07, 6.45) is -7.18. The summed E-state index contributed by atoms with van der Waals surface area (Å²) >= 11 is 0. The van der Waals surface area contributed by atoms with Gasteiger partial charge in [-0.05, 0) is 6.92 Å². The molecule has 9 heteroatoms. The highest BCUT2D eigenvalue weighted by Crippen LogP contribution is 2.24. The molecule has 1 fully saturated rings. The normalized spacial score (nSPS) is 31.8. The van der Waals surface area contributed by atoms with Gasteiger partial charge < -0.3 is 34.5 Å². The zero-order chi connectivity index (χ0) is 16.6. The van der Waals surface area contributed by atoms with Crippen LogP contribution < -0.4 is 10.2 Å². The summed E-state index contributed by atoms with van der Waals surface area (Å²) in [5, 5.41) is 38.1. The molecule has 0 spiro atoms. The number of nitrogens with zero attached hydrogens (tertiary/aromatic N) is 1. The van der Waals surface area contributed by atoms with Crippen LogP contribution in [0.2, 0.25) is 0 Å². The maximum atomic E-state index is 11.8. The predicted octanol–water partition coefficient (Wildman–Crippen LogP) is -2.04. The van der Waals surface area contributed by atoms with E-state index in [0.29, 0.717) is 5.69 Å². The van der Waals surface area contributed by atoms with Gasteiger partial charge in [0, 0.05) is 19.3 Å². The number of aryl methyl sites for hydroxylation is 1. The van der Waals surface area contributed by atoms with E-state index in [9.17, 15) is 24.9 Å². The van der Waals surface area contributed by atoms with Crippen LogP contribution in [-0.2, 0) is 16.6 Å². The Morgan fingerprint density at radius 2 is 1.91 bits per heavy atom. The molecule has 122 valence electrons. The first-order valence-electron chi connectivity index (χ1n) is 6.49. The number of aliphatic hydroxyl groups is 3. The van der Waals surface area contributed by atoms with E-state index >= 15 is 0 Å². The van der Waals surface area contributed by atoms with E-state index in [1.807, 2.05) is 0 Å². The number of aliphatic carboxylic acids is 1. The zero-order valence-corrected chi connectivity index (χ0v) is 11.9. The Kier molecular flexibility index (Phi) is 4.52. The van der Waals surface area contributed by atoms with Crippen LogP contribution >= 0.6 is 0 Å². The van der Waals surface area contributed by atoms with Crippen LogP contribution in [0, 0.1) is 6.92 Å². The van der Waals surface area contributed by atoms with Crippen molar-refractivity contribution in [2.45, 2.75) is 37.6 Å². The maximum absolute atomic E-state index is 11.8. The Labute approximate surface area is 125 Å². The minimum absolute atomic E-state index is 0.137. The van der Waals surface area contributed by atoms with Gasteiger partial charge in [0.25, 0.3) is 0 Å². The fourth-order valence-electron chi connectivity index (χ4n) is 2.11. The number of rotatable bonds is 3. The molecule has 1 aliphatic heterocycles. The quantitative estimate of drug-likeness (QED) is 0.501. The van der Waals surface area contributed by atoms with Gasteiger partial charge in [-0.1, -0.05) is 0 Å². The van der Waals surface area contributed by atoms with Gasteiger partial charge in [-0.15, -0.1) is 0 Å². The van der Waals surface area contributed by atoms with Gasteiger partial charge in [-0.25, -0.2) is 4.79 Å². The van der Waals surface area contributed by atoms with E-state index in [4.69, 9.17) is 14.6 Å². The third-order valence-corrected chi connectivity index (χ3v) is 3.58. The Balaban J connectivity index is 2.31. The molecule has 0 radical (unpaired) electrons. The second-order valence-corrected chi connectivity index (χ2v) is 5.06. The van der Waals surface area contributed by atoms with Gasteiger partial charge in [0.15, 0.2) is 11.9 Å². The Bertz CT molecular complexity index is 627. The van der Waals surface area contributed by atoms with Crippen molar-refractivity contribution in [1.29, 1.82) is 0 Å². The molecule has 4 N–H and O–H groups in total. The number of aliphatic hydroxyl groups excluding tert-OH is 3. The van der Waals surface area contributed by atoms with Crippen molar-refractivity contribution in [3.05, 3.63) is 28.2 Å². The monoisotopic (exact) mass is 315 g/mol. The molecule has 5 atom stereocenters. The van der Waals surface area contributed by atoms with E-state index < -0.39 is 42.1 Å². The van der Waals surface area contributed by atoms with E-state index in [-0.39, 0.29) is 5.75 Å². The first kappa shape index (κ1) is 16.4. The lowest BCUT2D eigenvalue weighted by Crippen LogP contribution is -2.61. The highest BCUT2D eigenvalue weighted by molar-refractivity contribution is 5.73. The average Bonchev–Trinajstić information content (AvgIpc) is 2.47. The number of carboxylic acid groups (broad SMARTS) is 1. The topological polar surface area (TPSA) is 138 Å². The zero-order valence-electron chi connectivity index (χ0n) is 11.9. The molecule has 2 heterocycles. The van der Waals surface area contributed by atoms with Crippen LogP contribution in [0.25, 0.3) is 0 Å². The lowest BCUT2D eigenvalue weighted by molar-refractivity contribution is -0.271. The van der Waals surface area contributed by atoms with Gasteiger partial charge in [0.2, 0.25) is 11.7 Å². The van der Waals surface area contributed by atoms with Gasteiger partial charge >= 0.3 is 5.97 Å². The molecule has 2 rings (SSSR count). The van der Waals surface area contributed by atoms with Crippen molar-refractivity contribution >= 4 is 5.97 Å². The Morgan fingerprint density at radius 1 is 1.27 bits per heavy atom. The number of aromatic nitrogens is 1. The summed E-state index contributed by atoms with van der Waals surface area (Å²) in [5.41, 5.74) is -0.0605. The molecule has 5 unspecified atom stereocenters. The van der Waals surface area contributed by atoms with Crippen LogP contribution in [0.5, 0.6) is 5.75 Å². The van der Waals surface area contributed by atoms with Crippen LogP contribution in [0.4, 0.5) is 0 Å². The second-order valence-electron chi connectivity index (χ2n) is 5.06. The highest BCUT2D eigenvalue weighted by atomic mass is 16.7. The van der Waals surface area contributed by atoms with Gasteiger partial charge in [-0.3, -0.25) is 4.79 Å². The summed E-state index contributed by atoms with van der Waals surface area (Å²) in [5.74, 6) is -1.66. The molecular formula is C13H17NO8. The minimum Gasteiger partial charge on any atom is -0.479 e. The highest BCUT2D eigenvalue weighted by Gasteiger charge is 2.48. The summed E-state index contributed by atoms with van der Waals surface area (Å²) < 4.78 is 11.8. The third-order valence-electron chi connectivity index (χ3n) is 3.58. The molecule has 0 amide bonds. The van der Waals surface area contributed by atoms with Crippen LogP contribution in [0.3, 0.4) is 0 Å². The van der Waals surface area contributed by atoms with Crippen LogP contribution in [0.15, 0.2) is 17.1 Å². The summed E-state index contributed by atoms with van der Waals surface area (Å²) in [7, 11) is 1.67. The second kappa shape index (κ2) is 6.05. The molecule has 0 aliphatic carbocycles. The SMILES string of the molecule is Cc1c(OC2OC(C(=O)O)C(O)C(O)C2O)c(=O)ccn1C. The van der Waals surface area contributed by atoms with E-state index in [0.717, 1.165) is 0 Å². The number of carboxylic acids is 1. The number of hydrogen-bond donors (Lipinski definition) is 4. The lowest BCUT2D eigenvalue weighted by Gasteiger charge is -2.38. The van der Waals surface area contributed by atoms with Crippen molar-refractivity contribution < 1.29 is 34.7 Å². The molecule has 9 nitrogen and oxygen atoms in total. The third kappa shape index (κ3) is 2.83. The van der Waals surface area contributed by atoms with Crippen LogP contribution in [0.1, 0.15) is 5.69 Å². The largest absolute Gasteiger partial charge is 0.479 e. The molecular weight excluding hydrogens is 298 g/mol. The molecule has 0 saturated carbocycles. The first-order chi connectivity index (χ1) is 10.2. The first-order valence-corrected chi connectivity index (χ1v) is 6.49. The smallest absolute Gasteiger partial charge is 0.335 e. The average molecular weight is 315 g/mol. The number of pyridine rings is 1. The number of hydrogen-bond acceptors (Lipinski definition) is 7. The molecule has 1 aliphatic rings. The van der Waals surface area contributed by atoms with E-state index in [1.54, 1.807) is 18.5 Å². The summed E-state index contributed by atoms with van der Waals surface area (Å²) in [4.78, 5) is 22.8. The van der Waals surface area contributed by atoms with Crippen LogP contribution in [-0.4, -0.2) is 61.7 Å². The Morgan fingerprint density at radius 3 is 2.50 bits per heavy atom. The molecule has 0 bridgehead atoms. The van der Waals surface area contributed by atoms with Crippen molar-refractivity contribution in [3.8, 4) is 5.75 Å². The summed E-state index contributed by atoms with van der Waals surface area (Å²) in [6, 6.07) is 1.23. The van der Waals surface area contributed by atoms with E-state index in [2.05, 4.69) is 0 Å². The standard InChI is InChI=1S/C13H17NO8/c1-5-10(6(15)3-4-14(5)2)21-13-9(18)7(16)8(17)11(22-13)12(19)20/h3-4,7-9,11,13,16-18H,1-2H3,(H,19,20). The molecule has 1 aromatic heterocycles. The molecule has 0 aromatic carbocycles. The lowest BCUT2D eigenvalue weighted by atomic mass is 9.99. The van der Waals surface area contributed by atoms with Gasteiger partial charge in [0.1, 0.15) is 18.3 Å². The molecule has 1 saturated heterocycles. The molecule has 22 heavy (non-hydrogen) atoms. The van der Waals surface area contributed by atoms with Crippen molar-refractivity contribution in [2.75, 3.05) is 0 Å². The van der Waals surface area contributed by atoms with Gasteiger partial charge in [-0.2, -0.15) is 0 Å². The van der Waals surface area contributed by atoms with Crippen molar-refractivity contribution in [3.63, 3.8) is 0 Å². The van der Waals surface area contributed by atoms with Crippen molar-refractivity contribution in [1.82, 2.24) is 4.57 Å². The Hall–Kier alpha value is -1.94. The fraction of sp³-hybridized carbons (Fsp3) is 0.538. The number of ether oxygens (including phenoxy) is 2. The predicted molar refractivity (Wildman–Crippen MR) is 71.4 cm³/mol. The fourth-order valence-corrected chi connectivity index (χ4v) is 2.11. The van der Waals surface area contributed by atoms with E-state index in [1.165, 1.54) is 12.3 Å².